The second-order valence-electron chi connectivity index (χ2n) is 8.58. The lowest BCUT2D eigenvalue weighted by Gasteiger charge is -2.38. The van der Waals surface area contributed by atoms with Crippen LogP contribution < -0.4 is 0 Å². The van der Waals surface area contributed by atoms with Crippen LogP contribution in [0.15, 0.2) is 91.5 Å². The quantitative estimate of drug-likeness (QED) is 0.390. The number of carbonyl (C=O) groups excluding carboxylic acids is 1. The van der Waals surface area contributed by atoms with E-state index in [0.717, 1.165) is 22.3 Å². The molecule has 156 valence electrons. The number of hydrogen-bond acceptors (Lipinski definition) is 3. The van der Waals surface area contributed by atoms with Gasteiger partial charge in [0.2, 0.25) is 0 Å². The molecule has 0 N–H and O–H groups in total. The minimum atomic E-state index is -1.13. The van der Waals surface area contributed by atoms with Gasteiger partial charge >= 0.3 is 0 Å². The SMILES string of the molecule is CC(C)(C)C(=O)C(c1ccccc1)(c1ccc(-c2ccc(Cl)cc2)cc1)n1cncn1. The Morgan fingerprint density at radius 2 is 1.35 bits per heavy atom. The number of ketones is 1. The number of nitrogens with zero attached hydrogens (tertiary/aromatic N) is 3. The summed E-state index contributed by atoms with van der Waals surface area (Å²) in [5.41, 5.74) is 2.04. The average Bonchev–Trinajstić information content (AvgIpc) is 3.31. The fourth-order valence-corrected chi connectivity index (χ4v) is 4.07. The van der Waals surface area contributed by atoms with Gasteiger partial charge in [-0.25, -0.2) is 9.67 Å². The molecule has 0 saturated carbocycles. The highest BCUT2D eigenvalue weighted by Crippen LogP contribution is 2.40. The van der Waals surface area contributed by atoms with Gasteiger partial charge < -0.3 is 0 Å². The number of Topliss-reactive ketones (excluding diaryl/α,β-unsaturated/α-hetero) is 1. The smallest absolute Gasteiger partial charge is 0.174 e. The Kier molecular flexibility index (Phi) is 5.50. The van der Waals surface area contributed by atoms with Gasteiger partial charge in [-0.2, -0.15) is 5.10 Å². The summed E-state index contributed by atoms with van der Waals surface area (Å²) >= 11 is 6.03. The fourth-order valence-electron chi connectivity index (χ4n) is 3.95. The molecule has 4 rings (SSSR count). The van der Waals surface area contributed by atoms with Crippen molar-refractivity contribution in [2.75, 3.05) is 0 Å². The Balaban J connectivity index is 1.94. The Hall–Kier alpha value is -3.24. The van der Waals surface area contributed by atoms with Crippen molar-refractivity contribution in [3.63, 3.8) is 0 Å². The van der Waals surface area contributed by atoms with Crippen LogP contribution in [-0.2, 0) is 10.3 Å². The van der Waals surface area contributed by atoms with E-state index in [1.807, 2.05) is 99.6 Å². The third kappa shape index (κ3) is 3.79. The monoisotopic (exact) mass is 429 g/mol. The second kappa shape index (κ2) is 8.12. The zero-order valence-corrected chi connectivity index (χ0v) is 18.5. The minimum Gasteiger partial charge on any atom is -0.296 e. The highest BCUT2D eigenvalue weighted by atomic mass is 35.5. The number of carbonyl (C=O) groups is 1. The normalized spacial score (nSPS) is 13.5. The van der Waals surface area contributed by atoms with Crippen molar-refractivity contribution in [1.82, 2.24) is 14.8 Å². The van der Waals surface area contributed by atoms with Gasteiger partial charge in [0.25, 0.3) is 0 Å². The van der Waals surface area contributed by atoms with Crippen molar-refractivity contribution in [1.29, 1.82) is 0 Å². The van der Waals surface area contributed by atoms with E-state index >= 15 is 0 Å². The predicted octanol–water partition coefficient (Wildman–Crippen LogP) is 6.01. The summed E-state index contributed by atoms with van der Waals surface area (Å²) in [5.74, 6) is 0.0379. The summed E-state index contributed by atoms with van der Waals surface area (Å²) in [6, 6.07) is 25.6. The maximum Gasteiger partial charge on any atom is 0.174 e. The molecular weight excluding hydrogens is 406 g/mol. The van der Waals surface area contributed by atoms with Crippen LogP contribution in [0.4, 0.5) is 0 Å². The van der Waals surface area contributed by atoms with Crippen LogP contribution in [0.2, 0.25) is 5.02 Å². The van der Waals surface area contributed by atoms with E-state index in [0.29, 0.717) is 5.02 Å². The molecule has 4 aromatic rings. The van der Waals surface area contributed by atoms with Crippen LogP contribution in [0, 0.1) is 5.41 Å². The van der Waals surface area contributed by atoms with Crippen molar-refractivity contribution in [2.24, 2.45) is 5.41 Å². The Labute approximate surface area is 187 Å². The van der Waals surface area contributed by atoms with E-state index < -0.39 is 11.0 Å². The molecule has 0 amide bonds. The maximum atomic E-state index is 14.1. The molecule has 0 aliphatic carbocycles. The summed E-state index contributed by atoms with van der Waals surface area (Å²) in [5, 5.41) is 5.14. The van der Waals surface area contributed by atoms with Crippen LogP contribution in [0.3, 0.4) is 0 Å². The van der Waals surface area contributed by atoms with Crippen LogP contribution in [-0.4, -0.2) is 20.5 Å². The van der Waals surface area contributed by atoms with E-state index in [2.05, 4.69) is 10.1 Å². The summed E-state index contributed by atoms with van der Waals surface area (Å²) in [4.78, 5) is 18.2. The van der Waals surface area contributed by atoms with E-state index in [9.17, 15) is 4.79 Å². The largest absolute Gasteiger partial charge is 0.296 e. The standard InChI is InChI=1S/C26H24ClN3O/c1-25(2,3)24(31)26(30-18-28-17-29-30,21-7-5-4-6-8-21)22-13-9-19(10-14-22)20-11-15-23(27)16-12-20/h4-18H,1-3H3. The number of aromatic nitrogens is 3. The Morgan fingerprint density at radius 3 is 1.87 bits per heavy atom. The molecule has 0 aliphatic rings. The molecule has 1 aromatic heterocycles. The third-order valence-electron chi connectivity index (χ3n) is 5.44. The molecule has 5 heteroatoms. The van der Waals surface area contributed by atoms with E-state index in [1.54, 1.807) is 11.0 Å². The van der Waals surface area contributed by atoms with Crippen molar-refractivity contribution in [3.8, 4) is 11.1 Å². The molecule has 4 nitrogen and oxygen atoms in total. The molecule has 3 aromatic carbocycles. The lowest BCUT2D eigenvalue weighted by Crippen LogP contribution is -2.49. The first-order valence-corrected chi connectivity index (χ1v) is 10.5. The summed E-state index contributed by atoms with van der Waals surface area (Å²) < 4.78 is 1.67. The van der Waals surface area contributed by atoms with Gasteiger partial charge in [-0.1, -0.05) is 99.1 Å². The van der Waals surface area contributed by atoms with Crippen LogP contribution >= 0.6 is 11.6 Å². The molecule has 0 saturated heterocycles. The van der Waals surface area contributed by atoms with Gasteiger partial charge in [0.15, 0.2) is 11.3 Å². The highest BCUT2D eigenvalue weighted by Gasteiger charge is 2.49. The number of benzene rings is 3. The van der Waals surface area contributed by atoms with E-state index in [1.165, 1.54) is 6.33 Å². The third-order valence-corrected chi connectivity index (χ3v) is 5.70. The van der Waals surface area contributed by atoms with Gasteiger partial charge in [-0.15, -0.1) is 0 Å². The van der Waals surface area contributed by atoms with Gasteiger partial charge in [0.05, 0.1) is 0 Å². The fraction of sp³-hybridized carbons (Fsp3) is 0.192. The molecule has 1 atom stereocenters. The second-order valence-corrected chi connectivity index (χ2v) is 9.02. The summed E-state index contributed by atoms with van der Waals surface area (Å²) in [7, 11) is 0. The van der Waals surface area contributed by atoms with Gasteiger partial charge in [0, 0.05) is 10.4 Å². The zero-order chi connectivity index (χ0) is 22.1. The average molecular weight is 430 g/mol. The molecule has 1 heterocycles. The first kappa shape index (κ1) is 21.0. The maximum absolute atomic E-state index is 14.1. The predicted molar refractivity (Wildman–Crippen MR) is 124 cm³/mol. The molecule has 1 unspecified atom stereocenters. The molecule has 0 bridgehead atoms. The lowest BCUT2D eigenvalue weighted by atomic mass is 9.70. The minimum absolute atomic E-state index is 0.0379. The first-order chi connectivity index (χ1) is 14.8. The van der Waals surface area contributed by atoms with Crippen LogP contribution in [0.5, 0.6) is 0 Å². The number of hydrogen-bond donors (Lipinski definition) is 0. The van der Waals surface area contributed by atoms with Gasteiger partial charge in [0.1, 0.15) is 12.7 Å². The van der Waals surface area contributed by atoms with E-state index in [-0.39, 0.29) is 5.78 Å². The van der Waals surface area contributed by atoms with Crippen molar-refractivity contribution in [2.45, 2.75) is 26.3 Å². The number of rotatable bonds is 5. The molecular formula is C26H24ClN3O. The van der Waals surface area contributed by atoms with Crippen molar-refractivity contribution >= 4 is 17.4 Å². The topological polar surface area (TPSA) is 47.8 Å². The van der Waals surface area contributed by atoms with Crippen LogP contribution in [0.25, 0.3) is 11.1 Å². The highest BCUT2D eigenvalue weighted by molar-refractivity contribution is 6.30. The van der Waals surface area contributed by atoms with Gasteiger partial charge in [-0.05, 0) is 34.4 Å². The Morgan fingerprint density at radius 1 is 0.806 bits per heavy atom. The summed E-state index contributed by atoms with van der Waals surface area (Å²) in [6.07, 6.45) is 3.08. The van der Waals surface area contributed by atoms with Crippen molar-refractivity contribution < 1.29 is 4.79 Å². The molecule has 0 radical (unpaired) electrons. The molecule has 0 fully saturated rings. The first-order valence-electron chi connectivity index (χ1n) is 10.2. The summed E-state index contributed by atoms with van der Waals surface area (Å²) in [6.45, 7) is 5.81. The van der Waals surface area contributed by atoms with Crippen LogP contribution in [0.1, 0.15) is 31.9 Å². The lowest BCUT2D eigenvalue weighted by molar-refractivity contribution is -0.132. The number of halogens is 1. The Bertz CT molecular complexity index is 1160. The van der Waals surface area contributed by atoms with E-state index in [4.69, 9.17) is 11.6 Å². The molecule has 0 spiro atoms. The zero-order valence-electron chi connectivity index (χ0n) is 17.8. The molecule has 0 aliphatic heterocycles. The van der Waals surface area contributed by atoms with Gasteiger partial charge in [-0.3, -0.25) is 4.79 Å². The molecule has 31 heavy (non-hydrogen) atoms. The van der Waals surface area contributed by atoms with Crippen molar-refractivity contribution in [3.05, 3.63) is 108 Å².